The zero-order valence-electron chi connectivity index (χ0n) is 16.0. The fourth-order valence-corrected chi connectivity index (χ4v) is 2.82. The van der Waals surface area contributed by atoms with Gasteiger partial charge >= 0.3 is 0 Å². The highest BCUT2D eigenvalue weighted by Crippen LogP contribution is 2.37. The molecule has 0 aromatic heterocycles. The number of benzene rings is 2. The molecular weight excluding hydrogens is 385 g/mol. The summed E-state index contributed by atoms with van der Waals surface area (Å²) in [4.78, 5) is 0. The molecule has 0 saturated carbocycles. The molecule has 0 saturated heterocycles. The van der Waals surface area contributed by atoms with Crippen LogP contribution in [0.3, 0.4) is 0 Å². The minimum atomic E-state index is 0. The fourth-order valence-electron chi connectivity index (χ4n) is 2.53. The molecule has 2 aromatic carbocycles. The fraction of sp³-hybridized carbons (Fsp3) is 0.429. The molecule has 4 nitrogen and oxygen atoms in total. The zero-order chi connectivity index (χ0) is 18.6. The van der Waals surface area contributed by atoms with Crippen LogP contribution in [0.4, 0.5) is 0 Å². The standard InChI is InChI=1S/C21H28ClNO3.ClH/c1-3-24-12-8-11-23-15-18-13-19(22)21(20(14-18)25-4-2)26-16-17-9-6-5-7-10-17;/h5-7,9-10,13-14,23H,3-4,8,11-12,15-16H2,1-2H3;1H. The molecule has 6 heteroatoms. The molecule has 0 aliphatic heterocycles. The number of ether oxygens (including phenoxy) is 3. The van der Waals surface area contributed by atoms with Gasteiger partial charge in [0, 0.05) is 19.8 Å². The minimum Gasteiger partial charge on any atom is -0.490 e. The van der Waals surface area contributed by atoms with Gasteiger partial charge in [0.1, 0.15) is 6.61 Å². The van der Waals surface area contributed by atoms with E-state index in [1.807, 2.05) is 56.3 Å². The van der Waals surface area contributed by atoms with Crippen molar-refractivity contribution in [2.24, 2.45) is 0 Å². The van der Waals surface area contributed by atoms with Crippen LogP contribution in [0.25, 0.3) is 0 Å². The number of hydrogen-bond acceptors (Lipinski definition) is 4. The second-order valence-corrected chi connectivity index (χ2v) is 6.25. The van der Waals surface area contributed by atoms with E-state index in [1.54, 1.807) is 0 Å². The smallest absolute Gasteiger partial charge is 0.180 e. The van der Waals surface area contributed by atoms with Crippen LogP contribution >= 0.6 is 24.0 Å². The van der Waals surface area contributed by atoms with Gasteiger partial charge in [0.05, 0.1) is 11.6 Å². The lowest BCUT2D eigenvalue weighted by Gasteiger charge is -2.16. The third-order valence-electron chi connectivity index (χ3n) is 3.77. The lowest BCUT2D eigenvalue weighted by molar-refractivity contribution is 0.144. The van der Waals surface area contributed by atoms with Gasteiger partial charge in [0.25, 0.3) is 0 Å². The Kier molecular flexibility index (Phi) is 11.9. The second-order valence-electron chi connectivity index (χ2n) is 5.84. The third-order valence-corrected chi connectivity index (χ3v) is 4.05. The van der Waals surface area contributed by atoms with Crippen LogP contribution in [-0.4, -0.2) is 26.4 Å². The number of rotatable bonds is 12. The SMILES string of the molecule is CCOCCCNCc1cc(Cl)c(OCc2ccccc2)c(OCC)c1.Cl. The highest BCUT2D eigenvalue weighted by Gasteiger charge is 2.13. The van der Waals surface area contributed by atoms with Crippen LogP contribution in [0.15, 0.2) is 42.5 Å². The number of hydrogen-bond donors (Lipinski definition) is 1. The molecule has 0 aliphatic carbocycles. The topological polar surface area (TPSA) is 39.7 Å². The Morgan fingerprint density at radius 3 is 2.44 bits per heavy atom. The van der Waals surface area contributed by atoms with Gasteiger partial charge < -0.3 is 19.5 Å². The summed E-state index contributed by atoms with van der Waals surface area (Å²) in [5.41, 5.74) is 2.16. The van der Waals surface area contributed by atoms with Gasteiger partial charge in [-0.2, -0.15) is 0 Å². The van der Waals surface area contributed by atoms with Crippen molar-refractivity contribution in [3.05, 3.63) is 58.6 Å². The van der Waals surface area contributed by atoms with E-state index in [0.717, 1.165) is 43.9 Å². The Labute approximate surface area is 173 Å². The van der Waals surface area contributed by atoms with Crippen molar-refractivity contribution in [2.75, 3.05) is 26.4 Å². The molecule has 2 rings (SSSR count). The maximum Gasteiger partial charge on any atom is 0.180 e. The zero-order valence-corrected chi connectivity index (χ0v) is 17.6. The first-order valence-corrected chi connectivity index (χ1v) is 9.52. The van der Waals surface area contributed by atoms with Gasteiger partial charge in [0.2, 0.25) is 0 Å². The van der Waals surface area contributed by atoms with Crippen molar-refractivity contribution in [3.63, 3.8) is 0 Å². The predicted molar refractivity (Wildman–Crippen MR) is 113 cm³/mol. The first kappa shape index (κ1) is 23.6. The lowest BCUT2D eigenvalue weighted by atomic mass is 10.2. The van der Waals surface area contributed by atoms with Crippen molar-refractivity contribution >= 4 is 24.0 Å². The predicted octanol–water partition coefficient (Wildman–Crippen LogP) is 5.26. The van der Waals surface area contributed by atoms with Crippen LogP contribution in [0.2, 0.25) is 5.02 Å². The van der Waals surface area contributed by atoms with Crippen LogP contribution < -0.4 is 14.8 Å². The molecule has 0 radical (unpaired) electrons. The summed E-state index contributed by atoms with van der Waals surface area (Å²) in [6, 6.07) is 13.9. The van der Waals surface area contributed by atoms with Crippen LogP contribution in [0, 0.1) is 0 Å². The quantitative estimate of drug-likeness (QED) is 0.481. The first-order chi connectivity index (χ1) is 12.7. The minimum absolute atomic E-state index is 0. The van der Waals surface area contributed by atoms with E-state index < -0.39 is 0 Å². The van der Waals surface area contributed by atoms with Crippen molar-refractivity contribution in [1.82, 2.24) is 5.32 Å². The molecule has 0 unspecified atom stereocenters. The largest absolute Gasteiger partial charge is 0.490 e. The maximum absolute atomic E-state index is 6.47. The number of halogens is 2. The molecular formula is C21H29Cl2NO3. The van der Waals surface area contributed by atoms with E-state index in [4.69, 9.17) is 25.8 Å². The average Bonchev–Trinajstić information content (AvgIpc) is 2.65. The van der Waals surface area contributed by atoms with Crippen molar-refractivity contribution in [1.29, 1.82) is 0 Å². The molecule has 27 heavy (non-hydrogen) atoms. The van der Waals surface area contributed by atoms with E-state index in [2.05, 4.69) is 5.32 Å². The molecule has 0 bridgehead atoms. The summed E-state index contributed by atoms with van der Waals surface area (Å²) in [6.07, 6.45) is 0.984. The van der Waals surface area contributed by atoms with E-state index >= 15 is 0 Å². The van der Waals surface area contributed by atoms with Gasteiger partial charge in [-0.3, -0.25) is 0 Å². The molecule has 0 fully saturated rings. The number of nitrogens with one attached hydrogen (secondary N) is 1. The Bertz CT molecular complexity index is 653. The van der Waals surface area contributed by atoms with Crippen LogP contribution in [-0.2, 0) is 17.9 Å². The molecule has 0 spiro atoms. The Morgan fingerprint density at radius 1 is 0.963 bits per heavy atom. The van der Waals surface area contributed by atoms with Crippen LogP contribution in [0.1, 0.15) is 31.4 Å². The van der Waals surface area contributed by atoms with E-state index in [0.29, 0.717) is 29.7 Å². The molecule has 1 N–H and O–H groups in total. The molecule has 0 heterocycles. The molecule has 150 valence electrons. The monoisotopic (exact) mass is 413 g/mol. The summed E-state index contributed by atoms with van der Waals surface area (Å²) in [5, 5.41) is 3.97. The second kappa shape index (κ2) is 13.7. The van der Waals surface area contributed by atoms with Gasteiger partial charge in [0.15, 0.2) is 11.5 Å². The lowest BCUT2D eigenvalue weighted by Crippen LogP contribution is -2.16. The van der Waals surface area contributed by atoms with Crippen LogP contribution in [0.5, 0.6) is 11.5 Å². The first-order valence-electron chi connectivity index (χ1n) is 9.15. The Balaban J connectivity index is 0.00000364. The van der Waals surface area contributed by atoms with E-state index in [1.165, 1.54) is 0 Å². The van der Waals surface area contributed by atoms with Crippen molar-refractivity contribution in [3.8, 4) is 11.5 Å². The summed E-state index contributed by atoms with van der Waals surface area (Å²) >= 11 is 6.47. The molecule has 0 amide bonds. The molecule has 2 aromatic rings. The van der Waals surface area contributed by atoms with Gasteiger partial charge in [-0.15, -0.1) is 12.4 Å². The summed E-state index contributed by atoms with van der Waals surface area (Å²) < 4.78 is 17.0. The van der Waals surface area contributed by atoms with Gasteiger partial charge in [-0.25, -0.2) is 0 Å². The Hall–Kier alpha value is -1.46. The summed E-state index contributed by atoms with van der Waals surface area (Å²) in [7, 11) is 0. The van der Waals surface area contributed by atoms with Crippen molar-refractivity contribution in [2.45, 2.75) is 33.4 Å². The molecule has 0 aliphatic rings. The summed E-state index contributed by atoms with van der Waals surface area (Å²) in [6.45, 7) is 8.13. The average molecular weight is 414 g/mol. The maximum atomic E-state index is 6.47. The molecule has 0 atom stereocenters. The Morgan fingerprint density at radius 2 is 1.74 bits per heavy atom. The van der Waals surface area contributed by atoms with Gasteiger partial charge in [-0.1, -0.05) is 41.9 Å². The van der Waals surface area contributed by atoms with Gasteiger partial charge in [-0.05, 0) is 50.1 Å². The normalized spacial score (nSPS) is 10.3. The third kappa shape index (κ3) is 8.39. The summed E-state index contributed by atoms with van der Waals surface area (Å²) in [5.74, 6) is 1.28. The van der Waals surface area contributed by atoms with E-state index in [-0.39, 0.29) is 12.4 Å². The highest BCUT2D eigenvalue weighted by molar-refractivity contribution is 6.32. The highest BCUT2D eigenvalue weighted by atomic mass is 35.5. The van der Waals surface area contributed by atoms with E-state index in [9.17, 15) is 0 Å². The van der Waals surface area contributed by atoms with Crippen molar-refractivity contribution < 1.29 is 14.2 Å².